The van der Waals surface area contributed by atoms with E-state index < -0.39 is 0 Å². The van der Waals surface area contributed by atoms with E-state index in [4.69, 9.17) is 9.84 Å². The Balaban J connectivity index is 2.55. The van der Waals surface area contributed by atoms with Crippen molar-refractivity contribution >= 4 is 0 Å². The standard InChI is InChI=1S/C9H11NO2/c1-6-2-7-4-12-5-8(7)9(3-11)10-6/h2,11H,3-5H2,1H3. The second-order valence-corrected chi connectivity index (χ2v) is 3.00. The van der Waals surface area contributed by atoms with Crippen LogP contribution in [0.4, 0.5) is 0 Å². The van der Waals surface area contributed by atoms with E-state index in [1.54, 1.807) is 0 Å². The third kappa shape index (κ3) is 1.11. The lowest BCUT2D eigenvalue weighted by molar-refractivity contribution is 0.133. The average Bonchev–Trinajstić information content (AvgIpc) is 2.50. The molecule has 64 valence electrons. The van der Waals surface area contributed by atoms with E-state index >= 15 is 0 Å². The summed E-state index contributed by atoms with van der Waals surface area (Å²) < 4.78 is 5.26. The zero-order chi connectivity index (χ0) is 8.55. The first kappa shape index (κ1) is 7.71. The molecule has 0 aliphatic carbocycles. The molecule has 1 N–H and O–H groups in total. The highest BCUT2D eigenvalue weighted by atomic mass is 16.5. The molecule has 2 rings (SSSR count). The molecule has 12 heavy (non-hydrogen) atoms. The maximum absolute atomic E-state index is 9.01. The number of hydrogen-bond donors (Lipinski definition) is 1. The Hall–Kier alpha value is -0.930. The second-order valence-electron chi connectivity index (χ2n) is 3.00. The highest BCUT2D eigenvalue weighted by Crippen LogP contribution is 2.22. The van der Waals surface area contributed by atoms with Gasteiger partial charge in [0.1, 0.15) is 0 Å². The number of hydrogen-bond acceptors (Lipinski definition) is 3. The van der Waals surface area contributed by atoms with Crippen molar-refractivity contribution in [2.45, 2.75) is 26.7 Å². The topological polar surface area (TPSA) is 42.4 Å². The monoisotopic (exact) mass is 165 g/mol. The van der Waals surface area contributed by atoms with Crippen LogP contribution < -0.4 is 0 Å². The molecule has 0 saturated heterocycles. The second kappa shape index (κ2) is 2.84. The quantitative estimate of drug-likeness (QED) is 0.672. The van der Waals surface area contributed by atoms with Crippen molar-refractivity contribution in [3.8, 4) is 0 Å². The predicted octanol–water partition coefficient (Wildman–Crippen LogP) is 0.913. The third-order valence-corrected chi connectivity index (χ3v) is 2.08. The van der Waals surface area contributed by atoms with Crippen LogP contribution in [0, 0.1) is 6.92 Å². The van der Waals surface area contributed by atoms with Gasteiger partial charge in [0.25, 0.3) is 0 Å². The van der Waals surface area contributed by atoms with Crippen molar-refractivity contribution in [3.05, 3.63) is 28.6 Å². The summed E-state index contributed by atoms with van der Waals surface area (Å²) in [5.41, 5.74) is 3.96. The number of aryl methyl sites for hydroxylation is 1. The molecular weight excluding hydrogens is 154 g/mol. The van der Waals surface area contributed by atoms with E-state index in [9.17, 15) is 0 Å². The number of aliphatic hydroxyl groups is 1. The summed E-state index contributed by atoms with van der Waals surface area (Å²) >= 11 is 0. The van der Waals surface area contributed by atoms with Gasteiger partial charge in [-0.15, -0.1) is 0 Å². The van der Waals surface area contributed by atoms with Crippen molar-refractivity contribution in [1.82, 2.24) is 4.98 Å². The van der Waals surface area contributed by atoms with Gasteiger partial charge in [-0.05, 0) is 18.6 Å². The molecular formula is C9H11NO2. The Labute approximate surface area is 71.0 Å². The minimum Gasteiger partial charge on any atom is -0.390 e. The molecule has 3 heteroatoms. The van der Waals surface area contributed by atoms with Gasteiger partial charge in [0.05, 0.1) is 25.5 Å². The zero-order valence-electron chi connectivity index (χ0n) is 7.00. The zero-order valence-corrected chi connectivity index (χ0v) is 7.00. The molecule has 0 amide bonds. The highest BCUT2D eigenvalue weighted by Gasteiger charge is 2.16. The Morgan fingerprint density at radius 2 is 2.42 bits per heavy atom. The SMILES string of the molecule is Cc1cc2c(c(CO)n1)COC2. The molecule has 0 atom stereocenters. The summed E-state index contributed by atoms with van der Waals surface area (Å²) in [5, 5.41) is 9.01. The summed E-state index contributed by atoms with van der Waals surface area (Å²) in [6, 6.07) is 2.02. The first-order chi connectivity index (χ1) is 5.81. The van der Waals surface area contributed by atoms with Gasteiger partial charge >= 0.3 is 0 Å². The lowest BCUT2D eigenvalue weighted by atomic mass is 10.1. The molecule has 0 bridgehead atoms. The summed E-state index contributed by atoms with van der Waals surface area (Å²) in [5.74, 6) is 0. The maximum Gasteiger partial charge on any atom is 0.0856 e. The summed E-state index contributed by atoms with van der Waals surface area (Å²) in [7, 11) is 0. The van der Waals surface area contributed by atoms with Gasteiger partial charge in [-0.25, -0.2) is 0 Å². The Kier molecular flexibility index (Phi) is 1.83. The summed E-state index contributed by atoms with van der Waals surface area (Å²) in [6.07, 6.45) is 0. The first-order valence-electron chi connectivity index (χ1n) is 3.98. The number of aliphatic hydroxyl groups excluding tert-OH is 1. The largest absolute Gasteiger partial charge is 0.390 e. The maximum atomic E-state index is 9.01. The van der Waals surface area contributed by atoms with E-state index in [1.807, 2.05) is 13.0 Å². The summed E-state index contributed by atoms with van der Waals surface area (Å²) in [4.78, 5) is 4.23. The van der Waals surface area contributed by atoms with E-state index in [-0.39, 0.29) is 6.61 Å². The van der Waals surface area contributed by atoms with Gasteiger partial charge in [-0.3, -0.25) is 4.98 Å². The van der Waals surface area contributed by atoms with Crippen molar-refractivity contribution in [2.75, 3.05) is 0 Å². The number of nitrogens with zero attached hydrogens (tertiary/aromatic N) is 1. The van der Waals surface area contributed by atoms with Gasteiger partial charge in [0, 0.05) is 11.3 Å². The molecule has 0 radical (unpaired) electrons. The molecule has 1 aliphatic rings. The fourth-order valence-corrected chi connectivity index (χ4v) is 1.54. The molecule has 0 spiro atoms. The van der Waals surface area contributed by atoms with Crippen LogP contribution in [-0.4, -0.2) is 10.1 Å². The molecule has 1 aromatic rings. The van der Waals surface area contributed by atoms with Gasteiger partial charge in [-0.1, -0.05) is 0 Å². The van der Waals surface area contributed by atoms with Gasteiger partial charge in [0.2, 0.25) is 0 Å². The van der Waals surface area contributed by atoms with Crippen LogP contribution in [0.15, 0.2) is 6.07 Å². The molecule has 0 unspecified atom stereocenters. The third-order valence-electron chi connectivity index (χ3n) is 2.08. The van der Waals surface area contributed by atoms with E-state index in [0.717, 1.165) is 17.0 Å². The molecule has 0 fully saturated rings. The lowest BCUT2D eigenvalue weighted by Crippen LogP contribution is -1.99. The van der Waals surface area contributed by atoms with Crippen LogP contribution >= 0.6 is 0 Å². The fourth-order valence-electron chi connectivity index (χ4n) is 1.54. The van der Waals surface area contributed by atoms with Crippen molar-refractivity contribution < 1.29 is 9.84 Å². The molecule has 1 aliphatic heterocycles. The molecule has 2 heterocycles. The number of rotatable bonds is 1. The average molecular weight is 165 g/mol. The molecule has 0 saturated carbocycles. The van der Waals surface area contributed by atoms with Crippen molar-refractivity contribution in [1.29, 1.82) is 0 Å². The van der Waals surface area contributed by atoms with Crippen LogP contribution in [0.2, 0.25) is 0 Å². The van der Waals surface area contributed by atoms with Crippen LogP contribution in [0.5, 0.6) is 0 Å². The van der Waals surface area contributed by atoms with Gasteiger partial charge in [-0.2, -0.15) is 0 Å². The minimum atomic E-state index is 0.00731. The smallest absolute Gasteiger partial charge is 0.0856 e. The highest BCUT2D eigenvalue weighted by molar-refractivity contribution is 5.33. The van der Waals surface area contributed by atoms with Crippen LogP contribution in [0.1, 0.15) is 22.5 Å². The Morgan fingerprint density at radius 3 is 3.17 bits per heavy atom. The Morgan fingerprint density at radius 1 is 1.58 bits per heavy atom. The molecule has 1 aromatic heterocycles. The normalized spacial score (nSPS) is 14.8. The van der Waals surface area contributed by atoms with E-state index in [2.05, 4.69) is 4.98 Å². The fraction of sp³-hybridized carbons (Fsp3) is 0.444. The van der Waals surface area contributed by atoms with Gasteiger partial charge in [0.15, 0.2) is 0 Å². The predicted molar refractivity (Wildman–Crippen MR) is 43.4 cm³/mol. The number of pyridine rings is 1. The Bertz CT molecular complexity index is 310. The molecule has 0 aromatic carbocycles. The van der Waals surface area contributed by atoms with Gasteiger partial charge < -0.3 is 9.84 Å². The van der Waals surface area contributed by atoms with E-state index in [1.165, 1.54) is 5.56 Å². The first-order valence-corrected chi connectivity index (χ1v) is 3.98. The number of aromatic nitrogens is 1. The van der Waals surface area contributed by atoms with Crippen LogP contribution in [0.3, 0.4) is 0 Å². The van der Waals surface area contributed by atoms with Crippen molar-refractivity contribution in [2.24, 2.45) is 0 Å². The van der Waals surface area contributed by atoms with E-state index in [0.29, 0.717) is 13.2 Å². The minimum absolute atomic E-state index is 0.00731. The molecule has 3 nitrogen and oxygen atoms in total. The summed E-state index contributed by atoms with van der Waals surface area (Å²) in [6.45, 7) is 3.19. The number of ether oxygens (including phenoxy) is 1. The number of fused-ring (bicyclic) bond motifs is 1. The van der Waals surface area contributed by atoms with Crippen LogP contribution in [0.25, 0.3) is 0 Å². The van der Waals surface area contributed by atoms with Crippen LogP contribution in [-0.2, 0) is 24.6 Å². The lowest BCUT2D eigenvalue weighted by Gasteiger charge is -2.04. The van der Waals surface area contributed by atoms with Crippen molar-refractivity contribution in [3.63, 3.8) is 0 Å².